The highest BCUT2D eigenvalue weighted by molar-refractivity contribution is 5.33. The Kier molecular flexibility index (Phi) is 2.97. The molecule has 0 saturated heterocycles. The van der Waals surface area contributed by atoms with Crippen molar-refractivity contribution >= 4 is 0 Å². The number of aryl methyl sites for hydroxylation is 1. The van der Waals surface area contributed by atoms with E-state index < -0.39 is 6.04 Å². The largest absolute Gasteiger partial charge is 0.320 e. The zero-order valence-electron chi connectivity index (χ0n) is 9.02. The minimum absolute atomic E-state index is 0.279. The number of benzene rings is 1. The summed E-state index contributed by atoms with van der Waals surface area (Å²) >= 11 is 0. The molecule has 16 heavy (non-hydrogen) atoms. The van der Waals surface area contributed by atoms with Gasteiger partial charge in [-0.1, -0.05) is 24.3 Å². The van der Waals surface area contributed by atoms with Crippen molar-refractivity contribution in [2.45, 2.75) is 13.0 Å². The van der Waals surface area contributed by atoms with Crippen molar-refractivity contribution in [3.05, 3.63) is 65.2 Å². The van der Waals surface area contributed by atoms with Crippen LogP contribution in [0.2, 0.25) is 0 Å². The molecule has 0 bridgehead atoms. The molecule has 1 aromatic carbocycles. The molecule has 0 amide bonds. The summed E-state index contributed by atoms with van der Waals surface area (Å²) in [6, 6.07) is 9.77. The average molecular weight is 216 g/mol. The van der Waals surface area contributed by atoms with Crippen molar-refractivity contribution in [1.82, 2.24) is 4.98 Å². The zero-order valence-corrected chi connectivity index (χ0v) is 9.02. The van der Waals surface area contributed by atoms with Gasteiger partial charge in [0, 0.05) is 17.5 Å². The molecule has 1 aromatic heterocycles. The van der Waals surface area contributed by atoms with Gasteiger partial charge in [0.25, 0.3) is 0 Å². The van der Waals surface area contributed by atoms with Gasteiger partial charge in [0.1, 0.15) is 5.82 Å². The zero-order chi connectivity index (χ0) is 11.5. The maximum Gasteiger partial charge on any atom is 0.128 e. The minimum Gasteiger partial charge on any atom is -0.320 e. The summed E-state index contributed by atoms with van der Waals surface area (Å²) in [5.74, 6) is -0.279. The molecule has 0 aliphatic rings. The first-order valence-electron chi connectivity index (χ1n) is 5.11. The first kappa shape index (κ1) is 10.8. The Balaban J connectivity index is 2.44. The Bertz CT molecular complexity index is 451. The van der Waals surface area contributed by atoms with Crippen LogP contribution in [0.15, 0.2) is 42.6 Å². The van der Waals surface area contributed by atoms with E-state index in [1.165, 1.54) is 6.07 Å². The third kappa shape index (κ3) is 1.95. The molecule has 2 rings (SSSR count). The fourth-order valence-corrected chi connectivity index (χ4v) is 1.72. The molecule has 2 nitrogen and oxygen atoms in total. The first-order valence-corrected chi connectivity index (χ1v) is 5.11. The normalized spacial score (nSPS) is 12.4. The van der Waals surface area contributed by atoms with Crippen LogP contribution < -0.4 is 5.73 Å². The SMILES string of the molecule is Cc1ncccc1C(N)c1ccccc1F. The molecule has 0 aliphatic carbocycles. The average Bonchev–Trinajstić information content (AvgIpc) is 2.29. The van der Waals surface area contributed by atoms with Crippen molar-refractivity contribution in [1.29, 1.82) is 0 Å². The number of pyridine rings is 1. The molecule has 0 aliphatic heterocycles. The van der Waals surface area contributed by atoms with Crippen LogP contribution in [-0.2, 0) is 0 Å². The summed E-state index contributed by atoms with van der Waals surface area (Å²) in [4.78, 5) is 4.15. The van der Waals surface area contributed by atoms with Crippen LogP contribution in [0.3, 0.4) is 0 Å². The Morgan fingerprint density at radius 3 is 2.50 bits per heavy atom. The quantitative estimate of drug-likeness (QED) is 0.838. The molecule has 2 N–H and O–H groups in total. The van der Waals surface area contributed by atoms with Gasteiger partial charge in [-0.25, -0.2) is 4.39 Å². The van der Waals surface area contributed by atoms with E-state index >= 15 is 0 Å². The molecule has 3 heteroatoms. The van der Waals surface area contributed by atoms with Crippen molar-refractivity contribution in [3.8, 4) is 0 Å². The monoisotopic (exact) mass is 216 g/mol. The molecule has 1 unspecified atom stereocenters. The molecular formula is C13H13FN2. The highest BCUT2D eigenvalue weighted by Gasteiger charge is 2.14. The molecule has 1 heterocycles. The maximum absolute atomic E-state index is 13.6. The number of rotatable bonds is 2. The second-order valence-electron chi connectivity index (χ2n) is 3.68. The Labute approximate surface area is 93.9 Å². The van der Waals surface area contributed by atoms with E-state index in [4.69, 9.17) is 5.73 Å². The van der Waals surface area contributed by atoms with Crippen molar-refractivity contribution in [3.63, 3.8) is 0 Å². The van der Waals surface area contributed by atoms with Crippen molar-refractivity contribution in [2.75, 3.05) is 0 Å². The number of nitrogens with zero attached hydrogens (tertiary/aromatic N) is 1. The number of aromatic nitrogens is 1. The molecular weight excluding hydrogens is 203 g/mol. The summed E-state index contributed by atoms with van der Waals surface area (Å²) in [7, 11) is 0. The van der Waals surface area contributed by atoms with E-state index in [1.807, 2.05) is 19.1 Å². The second kappa shape index (κ2) is 4.41. The number of hydrogen-bond donors (Lipinski definition) is 1. The van der Waals surface area contributed by atoms with E-state index in [1.54, 1.807) is 24.4 Å². The predicted octanol–water partition coefficient (Wildman–Crippen LogP) is 2.58. The lowest BCUT2D eigenvalue weighted by Gasteiger charge is -2.14. The van der Waals surface area contributed by atoms with Gasteiger partial charge in [0.15, 0.2) is 0 Å². The fourth-order valence-electron chi connectivity index (χ4n) is 1.72. The molecule has 0 fully saturated rings. The summed E-state index contributed by atoms with van der Waals surface area (Å²) in [6.07, 6.45) is 1.70. The van der Waals surface area contributed by atoms with Crippen LogP contribution in [0.5, 0.6) is 0 Å². The van der Waals surface area contributed by atoms with Gasteiger partial charge in [-0.15, -0.1) is 0 Å². The number of nitrogens with two attached hydrogens (primary N) is 1. The van der Waals surface area contributed by atoms with Crippen LogP contribution in [0.1, 0.15) is 22.9 Å². The van der Waals surface area contributed by atoms with Crippen LogP contribution in [-0.4, -0.2) is 4.98 Å². The molecule has 2 aromatic rings. The topological polar surface area (TPSA) is 38.9 Å². The highest BCUT2D eigenvalue weighted by atomic mass is 19.1. The van der Waals surface area contributed by atoms with Crippen LogP contribution in [0, 0.1) is 12.7 Å². The molecule has 0 saturated carbocycles. The summed E-state index contributed by atoms with van der Waals surface area (Å²) in [6.45, 7) is 1.87. The third-order valence-electron chi connectivity index (χ3n) is 2.62. The highest BCUT2D eigenvalue weighted by Crippen LogP contribution is 2.23. The van der Waals surface area contributed by atoms with Gasteiger partial charge in [0.2, 0.25) is 0 Å². The van der Waals surface area contributed by atoms with E-state index in [0.717, 1.165) is 11.3 Å². The molecule has 1 atom stereocenters. The number of halogens is 1. The summed E-state index contributed by atoms with van der Waals surface area (Å²) in [5, 5.41) is 0. The molecule has 82 valence electrons. The molecule has 0 radical (unpaired) electrons. The number of hydrogen-bond acceptors (Lipinski definition) is 2. The maximum atomic E-state index is 13.6. The van der Waals surface area contributed by atoms with Crippen LogP contribution >= 0.6 is 0 Å². The van der Waals surface area contributed by atoms with E-state index in [-0.39, 0.29) is 5.82 Å². The standard InChI is InChI=1S/C13H13FN2/c1-9-10(6-4-8-16-9)13(15)11-5-2-3-7-12(11)14/h2-8,13H,15H2,1H3. The fraction of sp³-hybridized carbons (Fsp3) is 0.154. The van der Waals surface area contributed by atoms with Gasteiger partial charge >= 0.3 is 0 Å². The lowest BCUT2D eigenvalue weighted by atomic mass is 9.98. The van der Waals surface area contributed by atoms with E-state index in [0.29, 0.717) is 5.56 Å². The van der Waals surface area contributed by atoms with Crippen LogP contribution in [0.25, 0.3) is 0 Å². The Hall–Kier alpha value is -1.74. The van der Waals surface area contributed by atoms with Crippen molar-refractivity contribution in [2.24, 2.45) is 5.73 Å². The van der Waals surface area contributed by atoms with E-state index in [2.05, 4.69) is 4.98 Å². The molecule has 0 spiro atoms. The minimum atomic E-state index is -0.463. The predicted molar refractivity (Wildman–Crippen MR) is 61.4 cm³/mol. The summed E-state index contributed by atoms with van der Waals surface area (Å²) < 4.78 is 13.6. The van der Waals surface area contributed by atoms with Gasteiger partial charge < -0.3 is 5.73 Å². The Morgan fingerprint density at radius 1 is 1.12 bits per heavy atom. The van der Waals surface area contributed by atoms with Gasteiger partial charge in [-0.3, -0.25) is 4.98 Å². The second-order valence-corrected chi connectivity index (χ2v) is 3.68. The lowest BCUT2D eigenvalue weighted by molar-refractivity contribution is 0.599. The van der Waals surface area contributed by atoms with Gasteiger partial charge in [-0.05, 0) is 24.6 Å². The lowest BCUT2D eigenvalue weighted by Crippen LogP contribution is -2.15. The van der Waals surface area contributed by atoms with E-state index in [9.17, 15) is 4.39 Å². The smallest absolute Gasteiger partial charge is 0.128 e. The summed E-state index contributed by atoms with van der Waals surface area (Å²) in [5.41, 5.74) is 8.22. The third-order valence-corrected chi connectivity index (χ3v) is 2.62. The van der Waals surface area contributed by atoms with Crippen molar-refractivity contribution < 1.29 is 4.39 Å². The van der Waals surface area contributed by atoms with Crippen LogP contribution in [0.4, 0.5) is 4.39 Å². The van der Waals surface area contributed by atoms with Gasteiger partial charge in [-0.2, -0.15) is 0 Å². The van der Waals surface area contributed by atoms with Gasteiger partial charge in [0.05, 0.1) is 6.04 Å². The first-order chi connectivity index (χ1) is 7.70. The Morgan fingerprint density at radius 2 is 1.81 bits per heavy atom.